The molecule has 0 bridgehead atoms. The van der Waals surface area contributed by atoms with Gasteiger partial charge < -0.3 is 15.2 Å². The van der Waals surface area contributed by atoms with Crippen LogP contribution in [0.4, 0.5) is 17.1 Å². The Balaban J connectivity index is 1.75. The minimum atomic E-state index is -4.54. The molecule has 12 heteroatoms. The minimum Gasteiger partial charge on any atom is -0.505 e. The number of rotatable bonds is 7. The molecule has 0 saturated heterocycles. The summed E-state index contributed by atoms with van der Waals surface area (Å²) in [7, 11) is -4.54. The van der Waals surface area contributed by atoms with Crippen LogP contribution in [0.2, 0.25) is 10.0 Å². The van der Waals surface area contributed by atoms with Crippen molar-refractivity contribution < 1.29 is 27.6 Å². The van der Waals surface area contributed by atoms with E-state index in [1.165, 1.54) is 25.1 Å². The molecule has 0 aliphatic carbocycles. The Morgan fingerprint density at radius 3 is 2.45 bits per heavy atom. The number of phenols is 1. The van der Waals surface area contributed by atoms with Gasteiger partial charge in [-0.25, -0.2) is 0 Å². The second kappa shape index (κ2) is 11.0. The molecule has 0 spiro atoms. The lowest BCUT2D eigenvalue weighted by molar-refractivity contribution is 0.102. The van der Waals surface area contributed by atoms with Gasteiger partial charge in [0.25, 0.3) is 16.0 Å². The molecule has 196 valence electrons. The maximum atomic E-state index is 13.2. The molecule has 0 saturated carbocycles. The summed E-state index contributed by atoms with van der Waals surface area (Å²) in [6.45, 7) is 3.64. The zero-order valence-electron chi connectivity index (χ0n) is 20.1. The third kappa shape index (κ3) is 5.73. The molecule has 0 radical (unpaired) electrons. The topological polar surface area (TPSA) is 138 Å². The van der Waals surface area contributed by atoms with Gasteiger partial charge in [0, 0.05) is 17.1 Å². The zero-order valence-corrected chi connectivity index (χ0v) is 22.4. The van der Waals surface area contributed by atoms with Crippen molar-refractivity contribution in [2.45, 2.75) is 18.7 Å². The fourth-order valence-electron chi connectivity index (χ4n) is 3.84. The molecule has 0 unspecified atom stereocenters. The molecule has 4 aromatic carbocycles. The Bertz CT molecular complexity index is 1680. The van der Waals surface area contributed by atoms with E-state index < -0.39 is 26.7 Å². The summed E-state index contributed by atoms with van der Waals surface area (Å²) in [5.41, 5.74) is 0.699. The normalized spacial score (nSPS) is 11.7. The number of ether oxygens (including phenoxy) is 1. The number of nitrogens with one attached hydrogen (secondary N) is 1. The van der Waals surface area contributed by atoms with Crippen LogP contribution in [-0.2, 0) is 10.1 Å². The number of aryl methyl sites for hydroxylation is 1. The first-order valence-corrected chi connectivity index (χ1v) is 13.4. The van der Waals surface area contributed by atoms with E-state index in [0.717, 1.165) is 0 Å². The van der Waals surface area contributed by atoms with E-state index in [4.69, 9.17) is 27.9 Å². The first-order chi connectivity index (χ1) is 18.0. The van der Waals surface area contributed by atoms with Crippen molar-refractivity contribution >= 4 is 67.1 Å². The van der Waals surface area contributed by atoms with E-state index in [-0.39, 0.29) is 27.5 Å². The fourth-order valence-corrected chi connectivity index (χ4v) is 5.34. The molecule has 0 fully saturated rings. The Morgan fingerprint density at radius 1 is 1.03 bits per heavy atom. The first-order valence-electron chi connectivity index (χ1n) is 11.2. The number of phenolic OH excluding ortho intramolecular Hbond substituents is 1. The lowest BCUT2D eigenvalue weighted by Gasteiger charge is -2.12. The standard InChI is InChI=1S/C26H21Cl2N3O6S/c1-3-37-22-13-16(8-9-20(22)27)29-26(33)19-11-15-6-4-5-7-18(15)23(24(19)32)31-30-17-10-14(2)25(21(28)12-17)38(34,35)36/h4-13,32H,3H2,1-2H3,(H,29,33)(H,34,35,36). The molecule has 0 aliphatic rings. The van der Waals surface area contributed by atoms with E-state index in [2.05, 4.69) is 15.5 Å². The van der Waals surface area contributed by atoms with Gasteiger partial charge in [-0.05, 0) is 55.1 Å². The predicted molar refractivity (Wildman–Crippen MR) is 146 cm³/mol. The third-order valence-corrected chi connectivity index (χ3v) is 7.25. The number of anilines is 1. The maximum Gasteiger partial charge on any atom is 0.296 e. The summed E-state index contributed by atoms with van der Waals surface area (Å²) in [6, 6.07) is 15.8. The minimum absolute atomic E-state index is 0.0204. The van der Waals surface area contributed by atoms with Crippen LogP contribution >= 0.6 is 23.2 Å². The summed E-state index contributed by atoms with van der Waals surface area (Å²) in [6.07, 6.45) is 0. The molecule has 3 N–H and O–H groups in total. The van der Waals surface area contributed by atoms with Crippen LogP contribution in [0.15, 0.2) is 75.8 Å². The molecular weight excluding hydrogens is 553 g/mol. The van der Waals surface area contributed by atoms with E-state index >= 15 is 0 Å². The van der Waals surface area contributed by atoms with E-state index in [0.29, 0.717) is 33.8 Å². The number of benzene rings is 4. The van der Waals surface area contributed by atoms with E-state index in [9.17, 15) is 22.9 Å². The summed E-state index contributed by atoms with van der Waals surface area (Å²) in [4.78, 5) is 12.7. The highest BCUT2D eigenvalue weighted by Gasteiger charge is 2.21. The van der Waals surface area contributed by atoms with Crippen LogP contribution in [0.3, 0.4) is 0 Å². The number of hydrogen-bond donors (Lipinski definition) is 3. The smallest absolute Gasteiger partial charge is 0.296 e. The van der Waals surface area contributed by atoms with Gasteiger partial charge in [0.2, 0.25) is 0 Å². The first kappa shape index (κ1) is 27.3. The van der Waals surface area contributed by atoms with Crippen molar-refractivity contribution in [1.29, 1.82) is 0 Å². The Hall–Kier alpha value is -3.70. The van der Waals surface area contributed by atoms with Crippen molar-refractivity contribution in [2.24, 2.45) is 10.2 Å². The maximum absolute atomic E-state index is 13.2. The Kier molecular flexibility index (Phi) is 7.89. The Morgan fingerprint density at radius 2 is 1.76 bits per heavy atom. The average Bonchev–Trinajstić information content (AvgIpc) is 2.84. The third-order valence-electron chi connectivity index (χ3n) is 5.47. The van der Waals surface area contributed by atoms with Crippen LogP contribution in [0.25, 0.3) is 10.8 Å². The second-order valence-electron chi connectivity index (χ2n) is 8.12. The largest absolute Gasteiger partial charge is 0.505 e. The number of hydrogen-bond acceptors (Lipinski definition) is 7. The van der Waals surface area contributed by atoms with Gasteiger partial charge in [0.05, 0.1) is 27.9 Å². The molecule has 1 amide bonds. The van der Waals surface area contributed by atoms with Gasteiger partial charge in [0.15, 0.2) is 5.75 Å². The molecule has 0 atom stereocenters. The SMILES string of the molecule is CCOc1cc(NC(=O)c2cc3ccccc3c(N=Nc3cc(C)c(S(=O)(=O)O)c(Cl)c3)c2O)ccc1Cl. The number of halogens is 2. The van der Waals surface area contributed by atoms with Crippen LogP contribution < -0.4 is 10.1 Å². The quantitative estimate of drug-likeness (QED) is 0.155. The summed E-state index contributed by atoms with van der Waals surface area (Å²) in [5, 5.41) is 23.3. The molecule has 0 aliphatic heterocycles. The number of amides is 1. The number of nitrogens with zero attached hydrogens (tertiary/aromatic N) is 2. The van der Waals surface area contributed by atoms with Crippen molar-refractivity contribution in [2.75, 3.05) is 11.9 Å². The lowest BCUT2D eigenvalue weighted by atomic mass is 10.0. The van der Waals surface area contributed by atoms with Crippen molar-refractivity contribution in [1.82, 2.24) is 0 Å². The zero-order chi connectivity index (χ0) is 27.6. The fraction of sp³-hybridized carbons (Fsp3) is 0.115. The average molecular weight is 574 g/mol. The van der Waals surface area contributed by atoms with Gasteiger partial charge >= 0.3 is 0 Å². The van der Waals surface area contributed by atoms with Crippen molar-refractivity contribution in [3.63, 3.8) is 0 Å². The second-order valence-corrected chi connectivity index (χ2v) is 10.3. The number of azo groups is 1. The molecule has 9 nitrogen and oxygen atoms in total. The highest BCUT2D eigenvalue weighted by Crippen LogP contribution is 2.40. The van der Waals surface area contributed by atoms with Crippen LogP contribution in [0, 0.1) is 6.92 Å². The number of carbonyl (C=O) groups is 1. The van der Waals surface area contributed by atoms with Gasteiger partial charge in [0.1, 0.15) is 16.3 Å². The highest BCUT2D eigenvalue weighted by molar-refractivity contribution is 7.86. The molecular formula is C26H21Cl2N3O6S. The lowest BCUT2D eigenvalue weighted by Crippen LogP contribution is -2.12. The summed E-state index contributed by atoms with van der Waals surface area (Å²) < 4.78 is 38.0. The highest BCUT2D eigenvalue weighted by atomic mass is 35.5. The molecule has 4 rings (SSSR count). The molecule has 0 aromatic heterocycles. The van der Waals surface area contributed by atoms with Gasteiger partial charge in [-0.1, -0.05) is 47.5 Å². The number of carbonyl (C=O) groups excluding carboxylic acids is 1. The Labute approximate surface area is 228 Å². The van der Waals surface area contributed by atoms with Gasteiger partial charge in [-0.2, -0.15) is 13.5 Å². The summed E-state index contributed by atoms with van der Waals surface area (Å²) in [5.74, 6) is -0.620. The van der Waals surface area contributed by atoms with Gasteiger partial charge in [-0.3, -0.25) is 9.35 Å². The monoisotopic (exact) mass is 573 g/mol. The van der Waals surface area contributed by atoms with Crippen LogP contribution in [0.5, 0.6) is 11.5 Å². The molecule has 0 heterocycles. The van der Waals surface area contributed by atoms with E-state index in [1.807, 2.05) is 6.92 Å². The van der Waals surface area contributed by atoms with Crippen LogP contribution in [-0.4, -0.2) is 30.6 Å². The summed E-state index contributed by atoms with van der Waals surface area (Å²) >= 11 is 12.2. The number of aromatic hydroxyl groups is 1. The number of fused-ring (bicyclic) bond motifs is 1. The van der Waals surface area contributed by atoms with Crippen molar-refractivity contribution in [3.05, 3.63) is 81.8 Å². The van der Waals surface area contributed by atoms with Gasteiger partial charge in [-0.15, -0.1) is 5.11 Å². The van der Waals surface area contributed by atoms with Crippen LogP contribution in [0.1, 0.15) is 22.8 Å². The van der Waals surface area contributed by atoms with Crippen molar-refractivity contribution in [3.8, 4) is 11.5 Å². The molecule has 38 heavy (non-hydrogen) atoms. The molecule has 4 aromatic rings. The van der Waals surface area contributed by atoms with E-state index in [1.54, 1.807) is 42.5 Å². The predicted octanol–water partition coefficient (Wildman–Crippen LogP) is 7.47.